The third-order valence-electron chi connectivity index (χ3n) is 2.91. The van der Waals surface area contributed by atoms with Crippen molar-refractivity contribution in [1.82, 2.24) is 10.3 Å². The van der Waals surface area contributed by atoms with Gasteiger partial charge in [0.1, 0.15) is 5.82 Å². The molecule has 4 nitrogen and oxygen atoms in total. The van der Waals surface area contributed by atoms with E-state index in [0.717, 1.165) is 6.42 Å². The molecule has 20 heavy (non-hydrogen) atoms. The second-order valence-corrected chi connectivity index (χ2v) is 4.86. The highest BCUT2D eigenvalue weighted by Crippen LogP contribution is 2.09. The maximum Gasteiger partial charge on any atom is 0.320 e. The van der Waals surface area contributed by atoms with E-state index in [1.54, 1.807) is 12.1 Å². The van der Waals surface area contributed by atoms with E-state index < -0.39 is 0 Å². The van der Waals surface area contributed by atoms with Crippen molar-refractivity contribution in [3.63, 3.8) is 0 Å². The molecule has 0 saturated carbocycles. The van der Waals surface area contributed by atoms with Gasteiger partial charge in [-0.2, -0.15) is 0 Å². The van der Waals surface area contributed by atoms with Gasteiger partial charge >= 0.3 is 6.03 Å². The third-order valence-corrected chi connectivity index (χ3v) is 3.13. The first-order valence-corrected chi connectivity index (χ1v) is 6.74. The summed E-state index contributed by atoms with van der Waals surface area (Å²) in [6.45, 7) is 2.64. The van der Waals surface area contributed by atoms with Gasteiger partial charge in [-0.1, -0.05) is 35.9 Å². The van der Waals surface area contributed by atoms with Gasteiger partial charge in [-0.05, 0) is 36.6 Å². The number of carbonyl (C=O) groups excluding carboxylic acids is 1. The highest BCUT2D eigenvalue weighted by atomic mass is 35.5. The number of amides is 2. The molecule has 1 heterocycles. The predicted molar refractivity (Wildman–Crippen MR) is 81.2 cm³/mol. The van der Waals surface area contributed by atoms with Gasteiger partial charge in [0.05, 0.1) is 5.02 Å². The fourth-order valence-electron chi connectivity index (χ4n) is 1.81. The molecule has 0 fully saturated rings. The molecule has 0 atom stereocenters. The van der Waals surface area contributed by atoms with Crippen LogP contribution < -0.4 is 10.6 Å². The summed E-state index contributed by atoms with van der Waals surface area (Å²) in [5.74, 6) is 0.475. The van der Waals surface area contributed by atoms with Crippen molar-refractivity contribution >= 4 is 23.4 Å². The molecule has 0 bridgehead atoms. The Morgan fingerprint density at radius 3 is 2.75 bits per heavy atom. The first-order chi connectivity index (χ1) is 9.65. The molecule has 0 aliphatic heterocycles. The molecule has 0 aliphatic rings. The smallest absolute Gasteiger partial charge is 0.320 e. The van der Waals surface area contributed by atoms with Crippen LogP contribution in [-0.2, 0) is 6.42 Å². The summed E-state index contributed by atoms with van der Waals surface area (Å²) in [6, 6.07) is 11.2. The number of hydrogen-bond acceptors (Lipinski definition) is 2. The Morgan fingerprint density at radius 2 is 2.05 bits per heavy atom. The summed E-state index contributed by atoms with van der Waals surface area (Å²) in [6.07, 6.45) is 2.29. The molecule has 5 heteroatoms. The zero-order valence-electron chi connectivity index (χ0n) is 11.2. The van der Waals surface area contributed by atoms with Crippen LogP contribution >= 0.6 is 11.6 Å². The molecule has 104 valence electrons. The second-order valence-electron chi connectivity index (χ2n) is 4.42. The van der Waals surface area contributed by atoms with Crippen LogP contribution in [0.5, 0.6) is 0 Å². The van der Waals surface area contributed by atoms with Crippen molar-refractivity contribution in [2.24, 2.45) is 0 Å². The SMILES string of the molecule is Cc1ccccc1CCNC(=O)Nc1ccc(Cl)cn1. The lowest BCUT2D eigenvalue weighted by atomic mass is 10.1. The lowest BCUT2D eigenvalue weighted by Gasteiger charge is -2.08. The number of anilines is 1. The highest BCUT2D eigenvalue weighted by Gasteiger charge is 2.03. The predicted octanol–water partition coefficient (Wildman–Crippen LogP) is 3.41. The number of aryl methyl sites for hydroxylation is 1. The molecule has 1 aromatic carbocycles. The van der Waals surface area contributed by atoms with Gasteiger partial charge in [-0.15, -0.1) is 0 Å². The van der Waals surface area contributed by atoms with E-state index in [2.05, 4.69) is 34.7 Å². The largest absolute Gasteiger partial charge is 0.337 e. The van der Waals surface area contributed by atoms with Crippen LogP contribution in [0.25, 0.3) is 0 Å². The Labute approximate surface area is 123 Å². The maximum absolute atomic E-state index is 11.7. The summed E-state index contributed by atoms with van der Waals surface area (Å²) >= 11 is 5.72. The molecule has 2 amide bonds. The van der Waals surface area contributed by atoms with E-state index in [-0.39, 0.29) is 6.03 Å². The normalized spacial score (nSPS) is 10.1. The maximum atomic E-state index is 11.7. The molecular weight excluding hydrogens is 274 g/mol. The number of rotatable bonds is 4. The minimum Gasteiger partial charge on any atom is -0.337 e. The molecular formula is C15H16ClN3O. The van der Waals surface area contributed by atoms with Crippen LogP contribution in [0.1, 0.15) is 11.1 Å². The number of pyridine rings is 1. The molecule has 0 spiro atoms. The Morgan fingerprint density at radius 1 is 1.25 bits per heavy atom. The molecule has 0 saturated heterocycles. The van der Waals surface area contributed by atoms with Gasteiger partial charge in [0.25, 0.3) is 0 Å². The van der Waals surface area contributed by atoms with Gasteiger partial charge in [-0.25, -0.2) is 9.78 Å². The Hall–Kier alpha value is -2.07. The number of nitrogens with one attached hydrogen (secondary N) is 2. The van der Waals surface area contributed by atoms with Crippen molar-refractivity contribution in [2.75, 3.05) is 11.9 Å². The molecule has 0 unspecified atom stereocenters. The van der Waals surface area contributed by atoms with Gasteiger partial charge in [0.15, 0.2) is 0 Å². The fraction of sp³-hybridized carbons (Fsp3) is 0.200. The van der Waals surface area contributed by atoms with E-state index >= 15 is 0 Å². The molecule has 1 aromatic heterocycles. The van der Waals surface area contributed by atoms with Crippen LogP contribution in [0, 0.1) is 6.92 Å². The molecule has 2 N–H and O–H groups in total. The lowest BCUT2D eigenvalue weighted by molar-refractivity contribution is 0.252. The van der Waals surface area contributed by atoms with E-state index in [4.69, 9.17) is 11.6 Å². The van der Waals surface area contributed by atoms with E-state index in [1.165, 1.54) is 17.3 Å². The number of nitrogens with zero attached hydrogens (tertiary/aromatic N) is 1. The van der Waals surface area contributed by atoms with E-state index in [0.29, 0.717) is 17.4 Å². The summed E-state index contributed by atoms with van der Waals surface area (Å²) in [7, 11) is 0. The van der Waals surface area contributed by atoms with Gasteiger partial charge < -0.3 is 5.32 Å². The van der Waals surface area contributed by atoms with Crippen molar-refractivity contribution < 1.29 is 4.79 Å². The van der Waals surface area contributed by atoms with Crippen LogP contribution in [0.2, 0.25) is 5.02 Å². The first kappa shape index (κ1) is 14.3. The summed E-state index contributed by atoms with van der Waals surface area (Å²) in [5.41, 5.74) is 2.46. The molecule has 0 radical (unpaired) electrons. The zero-order chi connectivity index (χ0) is 14.4. The monoisotopic (exact) mass is 289 g/mol. The number of aromatic nitrogens is 1. The Balaban J connectivity index is 1.78. The van der Waals surface area contributed by atoms with Crippen LogP contribution in [-0.4, -0.2) is 17.6 Å². The minimum absolute atomic E-state index is 0.270. The van der Waals surface area contributed by atoms with E-state index in [9.17, 15) is 4.79 Å². The Kier molecular flexibility index (Phi) is 4.96. The van der Waals surface area contributed by atoms with Gasteiger partial charge in [0.2, 0.25) is 0 Å². The average Bonchev–Trinajstić information content (AvgIpc) is 2.43. The topological polar surface area (TPSA) is 54.0 Å². The zero-order valence-corrected chi connectivity index (χ0v) is 11.9. The van der Waals surface area contributed by atoms with Crippen LogP contribution in [0.3, 0.4) is 0 Å². The minimum atomic E-state index is -0.270. The van der Waals surface area contributed by atoms with Crippen LogP contribution in [0.4, 0.5) is 10.6 Å². The van der Waals surface area contributed by atoms with Crippen molar-refractivity contribution in [1.29, 1.82) is 0 Å². The molecule has 2 rings (SSSR count). The fourth-order valence-corrected chi connectivity index (χ4v) is 1.92. The number of hydrogen-bond donors (Lipinski definition) is 2. The van der Waals surface area contributed by atoms with Crippen LogP contribution in [0.15, 0.2) is 42.6 Å². The first-order valence-electron chi connectivity index (χ1n) is 6.36. The number of carbonyl (C=O) groups is 1. The van der Waals surface area contributed by atoms with E-state index in [1.807, 2.05) is 12.1 Å². The average molecular weight is 290 g/mol. The standard InChI is InChI=1S/C15H16ClN3O/c1-11-4-2-3-5-12(11)8-9-17-15(20)19-14-7-6-13(16)10-18-14/h2-7,10H,8-9H2,1H3,(H2,17,18,19,20). The van der Waals surface area contributed by atoms with Crippen molar-refractivity contribution in [3.05, 3.63) is 58.7 Å². The number of urea groups is 1. The second kappa shape index (κ2) is 6.91. The van der Waals surface area contributed by atoms with Crippen molar-refractivity contribution in [2.45, 2.75) is 13.3 Å². The molecule has 2 aromatic rings. The third kappa shape index (κ3) is 4.24. The quantitative estimate of drug-likeness (QED) is 0.906. The lowest BCUT2D eigenvalue weighted by Crippen LogP contribution is -2.30. The number of benzene rings is 1. The summed E-state index contributed by atoms with van der Waals surface area (Å²) in [4.78, 5) is 15.7. The summed E-state index contributed by atoms with van der Waals surface area (Å²) in [5, 5.41) is 5.99. The highest BCUT2D eigenvalue weighted by molar-refractivity contribution is 6.30. The summed E-state index contributed by atoms with van der Waals surface area (Å²) < 4.78 is 0. The Bertz CT molecular complexity index is 584. The molecule has 0 aliphatic carbocycles. The number of halogens is 1. The van der Waals surface area contributed by atoms with Crippen molar-refractivity contribution in [3.8, 4) is 0 Å². The van der Waals surface area contributed by atoms with Gasteiger partial charge in [0, 0.05) is 12.7 Å². The van der Waals surface area contributed by atoms with Gasteiger partial charge in [-0.3, -0.25) is 5.32 Å².